The van der Waals surface area contributed by atoms with Gasteiger partial charge in [0.25, 0.3) is 0 Å². The van der Waals surface area contributed by atoms with E-state index in [9.17, 15) is 0 Å². The van der Waals surface area contributed by atoms with Crippen LogP contribution in [0.4, 0.5) is 0 Å². The van der Waals surface area contributed by atoms with Gasteiger partial charge in [0.2, 0.25) is 0 Å². The third-order valence-electron chi connectivity index (χ3n) is 1.27. The summed E-state index contributed by atoms with van der Waals surface area (Å²) in [6.45, 7) is 0. The van der Waals surface area contributed by atoms with E-state index in [-0.39, 0.29) is 5.57 Å². The molecule has 0 aliphatic heterocycles. The van der Waals surface area contributed by atoms with Gasteiger partial charge < -0.3 is 0 Å². The lowest BCUT2D eigenvalue weighted by atomic mass is 10.2. The number of halogens is 1. The van der Waals surface area contributed by atoms with E-state index in [4.69, 9.17) is 10.5 Å². The number of nitrogens with zero attached hydrogens (tertiary/aromatic N) is 3. The molecule has 0 amide bonds. The lowest BCUT2D eigenvalue weighted by molar-refractivity contribution is 1.25. The summed E-state index contributed by atoms with van der Waals surface area (Å²) < 4.78 is 0.677. The molecule has 0 fully saturated rings. The lowest BCUT2D eigenvalue weighted by Gasteiger charge is -1.92. The molecule has 0 atom stereocenters. The van der Waals surface area contributed by atoms with Crippen LogP contribution in [0.1, 0.15) is 5.69 Å². The first-order valence-electron chi connectivity index (χ1n) is 3.40. The zero-order chi connectivity index (χ0) is 9.68. The van der Waals surface area contributed by atoms with Crippen LogP contribution in [0, 0.1) is 22.7 Å². The number of allylic oxidation sites excluding steroid dienone is 1. The molecule has 0 spiro atoms. The van der Waals surface area contributed by atoms with E-state index in [2.05, 4.69) is 20.9 Å². The van der Waals surface area contributed by atoms with Crippen LogP contribution in [0.2, 0.25) is 0 Å². The lowest BCUT2D eigenvalue weighted by Crippen LogP contribution is -1.82. The van der Waals surface area contributed by atoms with Crippen molar-refractivity contribution in [3.8, 4) is 12.1 Å². The molecule has 0 saturated heterocycles. The Kier molecular flexibility index (Phi) is 3.19. The first kappa shape index (κ1) is 9.44. The molecule has 0 radical (unpaired) electrons. The Hall–Kier alpha value is -1.65. The Morgan fingerprint density at radius 1 is 1.38 bits per heavy atom. The fourth-order valence-electron chi connectivity index (χ4n) is 0.742. The summed E-state index contributed by atoms with van der Waals surface area (Å²) in [6, 6.07) is 8.81. The summed E-state index contributed by atoms with van der Waals surface area (Å²) in [5, 5.41) is 17.0. The average molecular weight is 234 g/mol. The number of pyridine rings is 1. The van der Waals surface area contributed by atoms with Gasteiger partial charge in [0.05, 0.1) is 5.69 Å². The first-order chi connectivity index (χ1) is 6.26. The summed E-state index contributed by atoms with van der Waals surface area (Å²) in [6.07, 6.45) is 1.44. The topological polar surface area (TPSA) is 60.5 Å². The van der Waals surface area contributed by atoms with Crippen LogP contribution >= 0.6 is 15.9 Å². The molecule has 0 bridgehead atoms. The standard InChI is InChI=1S/C9H4BrN3/c10-9-3-1-2-8(13-9)4-7(5-11)6-12/h1-4H. The summed E-state index contributed by atoms with van der Waals surface area (Å²) in [4.78, 5) is 4.05. The second-order valence-corrected chi connectivity index (χ2v) is 2.98. The fourth-order valence-corrected chi connectivity index (χ4v) is 1.10. The second kappa shape index (κ2) is 4.39. The molecular formula is C9H4BrN3. The smallest absolute Gasteiger partial charge is 0.131 e. The summed E-state index contributed by atoms with van der Waals surface area (Å²) in [7, 11) is 0. The summed E-state index contributed by atoms with van der Waals surface area (Å²) >= 11 is 3.19. The molecule has 1 aromatic rings. The SMILES string of the molecule is N#CC(C#N)=Cc1cccc(Br)n1. The van der Waals surface area contributed by atoms with Gasteiger partial charge in [-0.05, 0) is 34.1 Å². The maximum atomic E-state index is 8.48. The van der Waals surface area contributed by atoms with Crippen molar-refractivity contribution in [1.29, 1.82) is 10.5 Å². The Morgan fingerprint density at radius 3 is 2.62 bits per heavy atom. The Morgan fingerprint density at radius 2 is 2.08 bits per heavy atom. The molecule has 13 heavy (non-hydrogen) atoms. The van der Waals surface area contributed by atoms with E-state index in [0.717, 1.165) is 0 Å². The van der Waals surface area contributed by atoms with Gasteiger partial charge in [-0.25, -0.2) is 4.98 Å². The van der Waals surface area contributed by atoms with Crippen molar-refractivity contribution in [1.82, 2.24) is 4.98 Å². The third-order valence-corrected chi connectivity index (χ3v) is 1.71. The number of nitriles is 2. The number of rotatable bonds is 1. The molecule has 0 N–H and O–H groups in total. The summed E-state index contributed by atoms with van der Waals surface area (Å²) in [5.41, 5.74) is 0.637. The molecule has 62 valence electrons. The largest absolute Gasteiger partial charge is 0.241 e. The van der Waals surface area contributed by atoms with E-state index in [1.807, 2.05) is 0 Å². The molecule has 3 nitrogen and oxygen atoms in total. The van der Waals surface area contributed by atoms with Crippen molar-refractivity contribution in [2.45, 2.75) is 0 Å². The highest BCUT2D eigenvalue weighted by Gasteiger charge is 1.95. The van der Waals surface area contributed by atoms with Crippen LogP contribution in [0.25, 0.3) is 6.08 Å². The Balaban J connectivity index is 3.06. The molecule has 0 unspecified atom stereocenters. The number of hydrogen-bond acceptors (Lipinski definition) is 3. The maximum Gasteiger partial charge on any atom is 0.131 e. The highest BCUT2D eigenvalue weighted by atomic mass is 79.9. The van der Waals surface area contributed by atoms with E-state index in [0.29, 0.717) is 10.3 Å². The van der Waals surface area contributed by atoms with Gasteiger partial charge in [0.15, 0.2) is 0 Å². The van der Waals surface area contributed by atoms with Crippen LogP contribution in [0.15, 0.2) is 28.4 Å². The zero-order valence-corrected chi connectivity index (χ0v) is 8.12. The van der Waals surface area contributed by atoms with Gasteiger partial charge in [-0.3, -0.25) is 0 Å². The predicted octanol–water partition coefficient (Wildman–Crippen LogP) is 2.27. The normalized spacial score (nSPS) is 8.23. The first-order valence-corrected chi connectivity index (χ1v) is 4.20. The Bertz CT molecular complexity index is 407. The average Bonchev–Trinajstić information content (AvgIpc) is 2.14. The predicted molar refractivity (Wildman–Crippen MR) is 51.1 cm³/mol. The Labute approximate surface area is 84.1 Å². The van der Waals surface area contributed by atoms with E-state index in [1.165, 1.54) is 6.08 Å². The highest BCUT2D eigenvalue weighted by molar-refractivity contribution is 9.10. The van der Waals surface area contributed by atoms with Crippen molar-refractivity contribution in [2.24, 2.45) is 0 Å². The van der Waals surface area contributed by atoms with Crippen LogP contribution < -0.4 is 0 Å². The van der Waals surface area contributed by atoms with Gasteiger partial charge >= 0.3 is 0 Å². The van der Waals surface area contributed by atoms with Gasteiger partial charge in [-0.1, -0.05) is 6.07 Å². The number of aromatic nitrogens is 1. The second-order valence-electron chi connectivity index (χ2n) is 2.17. The fraction of sp³-hybridized carbons (Fsp3) is 0. The van der Waals surface area contributed by atoms with Gasteiger partial charge in [0, 0.05) is 0 Å². The third kappa shape index (κ3) is 2.70. The van der Waals surface area contributed by atoms with Gasteiger partial charge in [-0.2, -0.15) is 10.5 Å². The maximum absolute atomic E-state index is 8.48. The monoisotopic (exact) mass is 233 g/mol. The molecule has 1 heterocycles. The van der Waals surface area contributed by atoms with Crippen LogP contribution in [0.5, 0.6) is 0 Å². The molecule has 0 aromatic carbocycles. The molecule has 1 rings (SSSR count). The van der Waals surface area contributed by atoms with E-state index >= 15 is 0 Å². The minimum atomic E-state index is 0.0469. The molecular weight excluding hydrogens is 230 g/mol. The molecule has 0 saturated carbocycles. The molecule has 4 heteroatoms. The van der Waals surface area contributed by atoms with Crippen LogP contribution in [0.3, 0.4) is 0 Å². The summed E-state index contributed by atoms with van der Waals surface area (Å²) in [5.74, 6) is 0. The number of hydrogen-bond donors (Lipinski definition) is 0. The van der Waals surface area contributed by atoms with E-state index in [1.54, 1.807) is 30.3 Å². The zero-order valence-electron chi connectivity index (χ0n) is 6.53. The highest BCUT2D eigenvalue weighted by Crippen LogP contribution is 2.08. The quantitative estimate of drug-likeness (QED) is 0.553. The minimum absolute atomic E-state index is 0.0469. The van der Waals surface area contributed by atoms with Crippen LogP contribution in [-0.2, 0) is 0 Å². The molecule has 1 aromatic heterocycles. The van der Waals surface area contributed by atoms with Crippen LogP contribution in [-0.4, -0.2) is 4.98 Å². The minimum Gasteiger partial charge on any atom is -0.241 e. The van der Waals surface area contributed by atoms with Crippen molar-refractivity contribution in [3.05, 3.63) is 34.1 Å². The van der Waals surface area contributed by atoms with Gasteiger partial charge in [-0.15, -0.1) is 0 Å². The van der Waals surface area contributed by atoms with Crippen molar-refractivity contribution in [3.63, 3.8) is 0 Å². The van der Waals surface area contributed by atoms with E-state index < -0.39 is 0 Å². The molecule has 0 aliphatic carbocycles. The van der Waals surface area contributed by atoms with Crippen molar-refractivity contribution < 1.29 is 0 Å². The molecule has 0 aliphatic rings. The van der Waals surface area contributed by atoms with Crippen molar-refractivity contribution >= 4 is 22.0 Å². The van der Waals surface area contributed by atoms with Gasteiger partial charge in [0.1, 0.15) is 22.3 Å². The van der Waals surface area contributed by atoms with Crippen molar-refractivity contribution in [2.75, 3.05) is 0 Å².